The fraction of sp³-hybridized carbons (Fsp3) is 0.125. The highest BCUT2D eigenvalue weighted by Crippen LogP contribution is 2.00. The molecule has 0 radical (unpaired) electrons. The number of carbonyl (C=O) groups excluding carboxylic acids is 1. The van der Waals surface area contributed by atoms with E-state index in [4.69, 9.17) is 15.8 Å². The topological polar surface area (TPSA) is 83.6 Å². The first-order valence-corrected chi connectivity index (χ1v) is 3.79. The van der Waals surface area contributed by atoms with E-state index in [1.807, 2.05) is 0 Å². The summed E-state index contributed by atoms with van der Waals surface area (Å²) in [6.07, 6.45) is 0. The van der Waals surface area contributed by atoms with Crippen LogP contribution in [0.2, 0.25) is 0 Å². The standard InChI is InChI=1S/C8H10BNO3/c1-5-2-3-6(8(10)11)4-7(5)9(12)13/h2-4,12-13H,1H3,(H2,10,11). The minimum Gasteiger partial charge on any atom is -0.423 e. The normalized spacial score (nSPS) is 9.77. The average Bonchev–Trinajstić information content (AvgIpc) is 2.04. The number of nitrogens with two attached hydrogens (primary N) is 1. The first-order chi connectivity index (χ1) is 6.02. The highest BCUT2D eigenvalue weighted by Gasteiger charge is 2.15. The molecule has 0 spiro atoms. The predicted octanol–water partition coefficient (Wildman–Crippen LogP) is -1.23. The summed E-state index contributed by atoms with van der Waals surface area (Å²) in [5.41, 5.74) is 6.31. The Balaban J connectivity index is 3.19. The maximum Gasteiger partial charge on any atom is 0.488 e. The van der Waals surface area contributed by atoms with Gasteiger partial charge in [-0.3, -0.25) is 4.79 Å². The monoisotopic (exact) mass is 179 g/mol. The molecule has 0 fully saturated rings. The van der Waals surface area contributed by atoms with Crippen molar-refractivity contribution in [1.29, 1.82) is 0 Å². The minimum absolute atomic E-state index is 0.272. The van der Waals surface area contributed by atoms with Crippen LogP contribution in [0.15, 0.2) is 18.2 Å². The number of benzene rings is 1. The second-order valence-electron chi connectivity index (χ2n) is 2.81. The summed E-state index contributed by atoms with van der Waals surface area (Å²) in [7, 11) is -1.57. The minimum atomic E-state index is -1.57. The highest BCUT2D eigenvalue weighted by molar-refractivity contribution is 6.59. The molecular formula is C8H10BNO3. The van der Waals surface area contributed by atoms with E-state index in [0.29, 0.717) is 11.0 Å². The molecule has 0 aliphatic heterocycles. The third kappa shape index (κ3) is 2.08. The van der Waals surface area contributed by atoms with Gasteiger partial charge in [0.25, 0.3) is 0 Å². The van der Waals surface area contributed by atoms with E-state index in [1.165, 1.54) is 6.07 Å². The SMILES string of the molecule is Cc1ccc(C(N)=O)cc1B(O)O. The van der Waals surface area contributed by atoms with Crippen molar-refractivity contribution in [3.63, 3.8) is 0 Å². The lowest BCUT2D eigenvalue weighted by atomic mass is 9.76. The van der Waals surface area contributed by atoms with Crippen LogP contribution in [0.4, 0.5) is 0 Å². The number of hydrogen-bond acceptors (Lipinski definition) is 3. The quantitative estimate of drug-likeness (QED) is 0.497. The van der Waals surface area contributed by atoms with Crippen molar-refractivity contribution in [1.82, 2.24) is 0 Å². The maximum atomic E-state index is 10.7. The van der Waals surface area contributed by atoms with Gasteiger partial charge in [-0.05, 0) is 24.5 Å². The van der Waals surface area contributed by atoms with Crippen LogP contribution in [0, 0.1) is 6.92 Å². The van der Waals surface area contributed by atoms with Crippen LogP contribution in [0.5, 0.6) is 0 Å². The van der Waals surface area contributed by atoms with Crippen LogP contribution in [0.25, 0.3) is 0 Å². The molecule has 0 heterocycles. The lowest BCUT2D eigenvalue weighted by Crippen LogP contribution is -2.33. The Labute approximate surface area is 76.1 Å². The number of carbonyl (C=O) groups is 1. The molecule has 0 saturated carbocycles. The van der Waals surface area contributed by atoms with Crippen LogP contribution in [-0.2, 0) is 0 Å². The molecule has 0 saturated heterocycles. The molecule has 4 nitrogen and oxygen atoms in total. The summed E-state index contributed by atoms with van der Waals surface area (Å²) in [4.78, 5) is 10.7. The summed E-state index contributed by atoms with van der Waals surface area (Å²) in [5.74, 6) is -0.582. The first-order valence-electron chi connectivity index (χ1n) is 3.79. The fourth-order valence-electron chi connectivity index (χ4n) is 1.07. The van der Waals surface area contributed by atoms with E-state index in [-0.39, 0.29) is 5.56 Å². The van der Waals surface area contributed by atoms with E-state index >= 15 is 0 Å². The van der Waals surface area contributed by atoms with E-state index < -0.39 is 13.0 Å². The molecule has 0 bridgehead atoms. The molecule has 5 heteroatoms. The van der Waals surface area contributed by atoms with Gasteiger partial charge in [-0.25, -0.2) is 0 Å². The predicted molar refractivity (Wildman–Crippen MR) is 49.5 cm³/mol. The Kier molecular flexibility index (Phi) is 2.70. The molecule has 0 aromatic heterocycles. The zero-order valence-electron chi connectivity index (χ0n) is 7.19. The van der Waals surface area contributed by atoms with Crippen LogP contribution in [0.3, 0.4) is 0 Å². The number of aryl methyl sites for hydroxylation is 1. The van der Waals surface area contributed by atoms with Gasteiger partial charge in [0.05, 0.1) is 0 Å². The van der Waals surface area contributed by atoms with Crippen molar-refractivity contribution in [2.75, 3.05) is 0 Å². The number of amides is 1. The molecule has 1 rings (SSSR count). The molecule has 4 N–H and O–H groups in total. The molecule has 1 amide bonds. The Hall–Kier alpha value is -1.33. The van der Waals surface area contributed by atoms with Gasteiger partial charge in [0, 0.05) is 5.56 Å². The zero-order valence-corrected chi connectivity index (χ0v) is 7.19. The molecule has 13 heavy (non-hydrogen) atoms. The first kappa shape index (κ1) is 9.76. The van der Waals surface area contributed by atoms with Crippen molar-refractivity contribution < 1.29 is 14.8 Å². The molecule has 0 aliphatic carbocycles. The highest BCUT2D eigenvalue weighted by atomic mass is 16.4. The molecule has 68 valence electrons. The molecular weight excluding hydrogens is 169 g/mol. The molecule has 1 aromatic carbocycles. The third-order valence-electron chi connectivity index (χ3n) is 1.84. The molecule has 0 unspecified atom stereocenters. The largest absolute Gasteiger partial charge is 0.488 e. The summed E-state index contributed by atoms with van der Waals surface area (Å²) in [5, 5.41) is 17.8. The van der Waals surface area contributed by atoms with Gasteiger partial charge in [0.15, 0.2) is 0 Å². The van der Waals surface area contributed by atoms with Crippen LogP contribution in [-0.4, -0.2) is 23.1 Å². The van der Waals surface area contributed by atoms with E-state index in [1.54, 1.807) is 19.1 Å². The Morgan fingerprint density at radius 2 is 2.08 bits per heavy atom. The lowest BCUT2D eigenvalue weighted by Gasteiger charge is -2.05. The van der Waals surface area contributed by atoms with Gasteiger partial charge < -0.3 is 15.8 Å². The summed E-state index contributed by atoms with van der Waals surface area (Å²) < 4.78 is 0. The molecule has 0 aliphatic rings. The van der Waals surface area contributed by atoms with Crippen LogP contribution < -0.4 is 11.2 Å². The number of rotatable bonds is 2. The summed E-state index contributed by atoms with van der Waals surface area (Å²) >= 11 is 0. The van der Waals surface area contributed by atoms with Gasteiger partial charge in [-0.15, -0.1) is 0 Å². The van der Waals surface area contributed by atoms with Gasteiger partial charge >= 0.3 is 7.12 Å². The maximum absolute atomic E-state index is 10.7. The lowest BCUT2D eigenvalue weighted by molar-refractivity contribution is 0.100. The van der Waals surface area contributed by atoms with Gasteiger partial charge in [0.1, 0.15) is 0 Å². The van der Waals surface area contributed by atoms with Crippen molar-refractivity contribution in [2.45, 2.75) is 6.92 Å². The Bertz CT molecular complexity index is 338. The van der Waals surface area contributed by atoms with Crippen molar-refractivity contribution >= 4 is 18.5 Å². The van der Waals surface area contributed by atoms with Crippen LogP contribution in [0.1, 0.15) is 15.9 Å². The second-order valence-corrected chi connectivity index (χ2v) is 2.81. The Morgan fingerprint density at radius 3 is 2.54 bits per heavy atom. The Morgan fingerprint density at radius 1 is 1.46 bits per heavy atom. The molecule has 1 aromatic rings. The second kappa shape index (κ2) is 3.59. The van der Waals surface area contributed by atoms with E-state index in [9.17, 15) is 4.79 Å². The average molecular weight is 179 g/mol. The number of hydrogen-bond donors (Lipinski definition) is 3. The fourth-order valence-corrected chi connectivity index (χ4v) is 1.07. The van der Waals surface area contributed by atoms with Crippen molar-refractivity contribution in [3.05, 3.63) is 29.3 Å². The van der Waals surface area contributed by atoms with Gasteiger partial charge in [-0.2, -0.15) is 0 Å². The van der Waals surface area contributed by atoms with Gasteiger partial charge in [-0.1, -0.05) is 11.6 Å². The van der Waals surface area contributed by atoms with E-state index in [2.05, 4.69) is 0 Å². The van der Waals surface area contributed by atoms with Crippen molar-refractivity contribution in [3.8, 4) is 0 Å². The third-order valence-corrected chi connectivity index (χ3v) is 1.84. The zero-order chi connectivity index (χ0) is 10.0. The summed E-state index contributed by atoms with van der Waals surface area (Å²) in [6, 6.07) is 4.54. The van der Waals surface area contributed by atoms with Crippen molar-refractivity contribution in [2.24, 2.45) is 5.73 Å². The van der Waals surface area contributed by atoms with Gasteiger partial charge in [0.2, 0.25) is 5.91 Å². The smallest absolute Gasteiger partial charge is 0.423 e. The number of primary amides is 1. The summed E-state index contributed by atoms with van der Waals surface area (Å²) in [6.45, 7) is 1.72. The molecule has 0 atom stereocenters. The van der Waals surface area contributed by atoms with E-state index in [0.717, 1.165) is 0 Å². The van der Waals surface area contributed by atoms with Crippen LogP contribution >= 0.6 is 0 Å².